The molecular formula is C14H21NO5S. The summed E-state index contributed by atoms with van der Waals surface area (Å²) in [6.45, 7) is 3.70. The summed E-state index contributed by atoms with van der Waals surface area (Å²) in [6.07, 6.45) is -0.556. The lowest BCUT2D eigenvalue weighted by atomic mass is 9.99. The van der Waals surface area contributed by atoms with Crippen molar-refractivity contribution in [2.45, 2.75) is 37.2 Å². The van der Waals surface area contributed by atoms with Gasteiger partial charge in [-0.3, -0.25) is 0 Å². The number of sulfonamides is 1. The van der Waals surface area contributed by atoms with E-state index in [4.69, 9.17) is 0 Å². The highest BCUT2D eigenvalue weighted by Gasteiger charge is 2.20. The van der Waals surface area contributed by atoms with Gasteiger partial charge >= 0.3 is 5.97 Å². The Labute approximate surface area is 125 Å². The first-order valence-corrected chi connectivity index (χ1v) is 8.15. The summed E-state index contributed by atoms with van der Waals surface area (Å²) in [7, 11) is -2.65. The predicted octanol–water partition coefficient (Wildman–Crippen LogP) is 1.01. The third kappa shape index (κ3) is 4.80. The summed E-state index contributed by atoms with van der Waals surface area (Å²) in [5.41, 5.74) is 1.06. The topological polar surface area (TPSA) is 92.7 Å². The molecule has 0 spiro atoms. The summed E-state index contributed by atoms with van der Waals surface area (Å²) in [5, 5.41) is 9.38. The molecular weight excluding hydrogens is 294 g/mol. The zero-order valence-electron chi connectivity index (χ0n) is 12.4. The Bertz CT molecular complexity index is 568. The minimum atomic E-state index is -3.76. The van der Waals surface area contributed by atoms with Gasteiger partial charge in [-0.15, -0.1) is 0 Å². The number of esters is 1. The van der Waals surface area contributed by atoms with Gasteiger partial charge in [-0.25, -0.2) is 17.9 Å². The fraction of sp³-hybridized carbons (Fsp3) is 0.500. The van der Waals surface area contributed by atoms with Crippen LogP contribution < -0.4 is 4.72 Å². The zero-order valence-corrected chi connectivity index (χ0v) is 13.2. The lowest BCUT2D eigenvalue weighted by molar-refractivity contribution is -0.149. The van der Waals surface area contributed by atoms with Crippen molar-refractivity contribution in [1.29, 1.82) is 0 Å². The molecule has 1 rings (SSSR count). The summed E-state index contributed by atoms with van der Waals surface area (Å²) in [4.78, 5) is 11.1. The quantitative estimate of drug-likeness (QED) is 0.733. The number of aliphatic hydroxyl groups is 1. The Kier molecular flexibility index (Phi) is 6.32. The first kappa shape index (κ1) is 17.6. The van der Waals surface area contributed by atoms with Gasteiger partial charge in [-0.1, -0.05) is 26.0 Å². The first-order chi connectivity index (χ1) is 9.81. The number of carbonyl (C=O) groups excluding carboxylic acids is 1. The second kappa shape index (κ2) is 7.53. The van der Waals surface area contributed by atoms with Crippen LogP contribution in [0.4, 0.5) is 0 Å². The maximum absolute atomic E-state index is 12.0. The molecule has 0 saturated carbocycles. The van der Waals surface area contributed by atoms with Crippen LogP contribution in [0, 0.1) is 0 Å². The molecule has 2 N–H and O–H groups in total. The van der Waals surface area contributed by atoms with Crippen LogP contribution in [0.1, 0.15) is 31.7 Å². The number of nitrogens with one attached hydrogen (secondary N) is 1. The van der Waals surface area contributed by atoms with E-state index in [2.05, 4.69) is 23.3 Å². The van der Waals surface area contributed by atoms with Gasteiger partial charge in [0.25, 0.3) is 0 Å². The Morgan fingerprint density at radius 2 is 1.90 bits per heavy atom. The average molecular weight is 315 g/mol. The third-order valence-electron chi connectivity index (χ3n) is 3.31. The normalized spacial score (nSPS) is 14.5. The van der Waals surface area contributed by atoms with Crippen molar-refractivity contribution in [3.05, 3.63) is 29.8 Å². The standard InChI is InChI=1S/C14H21NO5S/c1-4-10(2)11-5-7-12(8-6-11)21(18,19)15-9-13(16)14(17)20-3/h5-8,10,13,15-16H,4,9H2,1-3H3. The molecule has 2 atom stereocenters. The third-order valence-corrected chi connectivity index (χ3v) is 4.75. The fourth-order valence-corrected chi connectivity index (χ4v) is 2.74. The fourth-order valence-electron chi connectivity index (χ4n) is 1.70. The number of methoxy groups -OCH3 is 1. The van der Waals surface area contributed by atoms with E-state index in [-0.39, 0.29) is 4.90 Å². The molecule has 118 valence electrons. The van der Waals surface area contributed by atoms with Crippen molar-refractivity contribution in [2.75, 3.05) is 13.7 Å². The van der Waals surface area contributed by atoms with Crippen LogP contribution >= 0.6 is 0 Å². The first-order valence-electron chi connectivity index (χ1n) is 6.67. The van der Waals surface area contributed by atoms with Crippen LogP contribution in [0.5, 0.6) is 0 Å². The molecule has 0 aliphatic heterocycles. The largest absolute Gasteiger partial charge is 0.467 e. The molecule has 0 bridgehead atoms. The van der Waals surface area contributed by atoms with E-state index in [1.54, 1.807) is 12.1 Å². The van der Waals surface area contributed by atoms with Gasteiger partial charge in [-0.05, 0) is 30.0 Å². The highest BCUT2D eigenvalue weighted by Crippen LogP contribution is 2.20. The van der Waals surface area contributed by atoms with Crippen LogP contribution in [0.3, 0.4) is 0 Å². The molecule has 0 saturated heterocycles. The minimum absolute atomic E-state index is 0.0895. The van der Waals surface area contributed by atoms with E-state index in [1.807, 2.05) is 0 Å². The Morgan fingerprint density at radius 1 is 1.33 bits per heavy atom. The van der Waals surface area contributed by atoms with E-state index in [1.165, 1.54) is 12.1 Å². The summed E-state index contributed by atoms with van der Waals surface area (Å²) < 4.78 is 30.5. The molecule has 0 radical (unpaired) electrons. The highest BCUT2D eigenvalue weighted by atomic mass is 32.2. The molecule has 0 aliphatic carbocycles. The molecule has 0 aromatic heterocycles. The van der Waals surface area contributed by atoms with Crippen molar-refractivity contribution in [3.8, 4) is 0 Å². The maximum atomic E-state index is 12.0. The molecule has 0 amide bonds. The molecule has 0 fully saturated rings. The van der Waals surface area contributed by atoms with E-state index in [0.29, 0.717) is 5.92 Å². The number of aliphatic hydroxyl groups excluding tert-OH is 1. The number of carbonyl (C=O) groups is 1. The van der Waals surface area contributed by atoms with Crippen molar-refractivity contribution >= 4 is 16.0 Å². The van der Waals surface area contributed by atoms with Gasteiger partial charge in [0.2, 0.25) is 10.0 Å². The average Bonchev–Trinajstić information content (AvgIpc) is 2.51. The van der Waals surface area contributed by atoms with Gasteiger partial charge in [0.15, 0.2) is 6.10 Å². The number of benzene rings is 1. The second-order valence-corrected chi connectivity index (χ2v) is 6.54. The van der Waals surface area contributed by atoms with E-state index >= 15 is 0 Å². The Morgan fingerprint density at radius 3 is 2.38 bits per heavy atom. The lowest BCUT2D eigenvalue weighted by Gasteiger charge is -2.12. The molecule has 6 nitrogen and oxygen atoms in total. The van der Waals surface area contributed by atoms with Crippen molar-refractivity contribution < 1.29 is 23.1 Å². The van der Waals surface area contributed by atoms with E-state index < -0.39 is 28.6 Å². The van der Waals surface area contributed by atoms with Crippen molar-refractivity contribution in [3.63, 3.8) is 0 Å². The predicted molar refractivity (Wildman–Crippen MR) is 78.4 cm³/mol. The molecule has 1 aromatic carbocycles. The summed E-state index contributed by atoms with van der Waals surface area (Å²) in [6, 6.07) is 6.54. The molecule has 0 aliphatic rings. The van der Waals surface area contributed by atoms with E-state index in [9.17, 15) is 18.3 Å². The van der Waals surface area contributed by atoms with Gasteiger partial charge in [0.05, 0.1) is 12.0 Å². The van der Waals surface area contributed by atoms with Gasteiger partial charge in [0.1, 0.15) is 0 Å². The SMILES string of the molecule is CCC(C)c1ccc(S(=O)(=O)NCC(O)C(=O)OC)cc1. The zero-order chi connectivity index (χ0) is 16.0. The van der Waals surface area contributed by atoms with E-state index in [0.717, 1.165) is 19.1 Å². The second-order valence-electron chi connectivity index (χ2n) is 4.77. The van der Waals surface area contributed by atoms with Crippen molar-refractivity contribution in [2.24, 2.45) is 0 Å². The van der Waals surface area contributed by atoms with Gasteiger partial charge in [0, 0.05) is 6.54 Å². The highest BCUT2D eigenvalue weighted by molar-refractivity contribution is 7.89. The van der Waals surface area contributed by atoms with Crippen LogP contribution in [-0.2, 0) is 19.6 Å². The summed E-state index contributed by atoms with van der Waals surface area (Å²) >= 11 is 0. The number of ether oxygens (including phenoxy) is 1. The molecule has 2 unspecified atom stereocenters. The van der Waals surface area contributed by atoms with Crippen LogP contribution in [0.2, 0.25) is 0 Å². The van der Waals surface area contributed by atoms with Crippen LogP contribution in [-0.4, -0.2) is 39.3 Å². The Balaban J connectivity index is 2.77. The van der Waals surface area contributed by atoms with Crippen LogP contribution in [0.15, 0.2) is 29.2 Å². The Hall–Kier alpha value is -1.44. The van der Waals surface area contributed by atoms with Gasteiger partial charge < -0.3 is 9.84 Å². The lowest BCUT2D eigenvalue weighted by Crippen LogP contribution is -2.37. The summed E-state index contributed by atoms with van der Waals surface area (Å²) in [5.74, 6) is -0.527. The maximum Gasteiger partial charge on any atom is 0.336 e. The van der Waals surface area contributed by atoms with Crippen LogP contribution in [0.25, 0.3) is 0 Å². The number of hydrogen-bond donors (Lipinski definition) is 2. The number of hydrogen-bond acceptors (Lipinski definition) is 5. The minimum Gasteiger partial charge on any atom is -0.467 e. The molecule has 1 aromatic rings. The smallest absolute Gasteiger partial charge is 0.336 e. The monoisotopic (exact) mass is 315 g/mol. The molecule has 0 heterocycles. The van der Waals surface area contributed by atoms with Crippen molar-refractivity contribution in [1.82, 2.24) is 4.72 Å². The molecule has 7 heteroatoms. The molecule has 21 heavy (non-hydrogen) atoms. The number of rotatable bonds is 7. The van der Waals surface area contributed by atoms with Gasteiger partial charge in [-0.2, -0.15) is 0 Å².